The summed E-state index contributed by atoms with van der Waals surface area (Å²) in [6.07, 6.45) is 8.83. The number of aryl methyl sites for hydroxylation is 1. The van der Waals surface area contributed by atoms with Crippen molar-refractivity contribution < 1.29 is 9.59 Å². The first-order valence-corrected chi connectivity index (χ1v) is 8.98. The normalized spacial score (nSPS) is 20.0. The van der Waals surface area contributed by atoms with Gasteiger partial charge in [0.1, 0.15) is 0 Å². The van der Waals surface area contributed by atoms with E-state index in [4.69, 9.17) is 0 Å². The van der Waals surface area contributed by atoms with Crippen LogP contribution in [0.3, 0.4) is 0 Å². The number of rotatable bonds is 6. The predicted molar refractivity (Wildman–Crippen MR) is 90.4 cm³/mol. The van der Waals surface area contributed by atoms with E-state index in [1.54, 1.807) is 0 Å². The molecule has 1 aromatic rings. The van der Waals surface area contributed by atoms with Gasteiger partial charge in [-0.2, -0.15) is 5.10 Å². The Morgan fingerprint density at radius 3 is 2.75 bits per heavy atom. The standard InChI is InChI=1S/C17H27N5O2/c1-22-15-8-3-7-14(13(15)11-20-22)21-17(24)19-10-4-9-18-16(23)12-5-2-6-12/h11-12,14H,2-10H2,1H3,(H,18,23)(H2,19,21,24)/t14-/m0/s1. The number of fused-ring (bicyclic) bond motifs is 1. The summed E-state index contributed by atoms with van der Waals surface area (Å²) < 4.78 is 1.89. The van der Waals surface area contributed by atoms with Crippen molar-refractivity contribution in [1.82, 2.24) is 25.7 Å². The van der Waals surface area contributed by atoms with Crippen LogP contribution in [0.25, 0.3) is 0 Å². The second-order valence-electron chi connectivity index (χ2n) is 6.79. The zero-order chi connectivity index (χ0) is 16.9. The first kappa shape index (κ1) is 16.8. The molecule has 0 bridgehead atoms. The number of hydrogen-bond acceptors (Lipinski definition) is 3. The Balaban J connectivity index is 1.34. The van der Waals surface area contributed by atoms with Gasteiger partial charge in [0.05, 0.1) is 12.2 Å². The van der Waals surface area contributed by atoms with Gasteiger partial charge < -0.3 is 16.0 Å². The van der Waals surface area contributed by atoms with Gasteiger partial charge in [-0.3, -0.25) is 9.48 Å². The molecular formula is C17H27N5O2. The van der Waals surface area contributed by atoms with Gasteiger partial charge in [0.2, 0.25) is 5.91 Å². The molecule has 1 fully saturated rings. The molecule has 132 valence electrons. The van der Waals surface area contributed by atoms with Crippen LogP contribution in [0.15, 0.2) is 6.20 Å². The second kappa shape index (κ2) is 7.68. The van der Waals surface area contributed by atoms with Crippen LogP contribution in [-0.4, -0.2) is 34.8 Å². The highest BCUT2D eigenvalue weighted by Crippen LogP contribution is 2.29. The predicted octanol–water partition coefficient (Wildman–Crippen LogP) is 1.40. The van der Waals surface area contributed by atoms with Gasteiger partial charge in [-0.1, -0.05) is 6.42 Å². The van der Waals surface area contributed by atoms with Crippen molar-refractivity contribution in [3.63, 3.8) is 0 Å². The maximum Gasteiger partial charge on any atom is 0.315 e. The fraction of sp³-hybridized carbons (Fsp3) is 0.706. The summed E-state index contributed by atoms with van der Waals surface area (Å²) in [5.41, 5.74) is 2.34. The molecule has 0 saturated heterocycles. The molecule has 0 aliphatic heterocycles. The monoisotopic (exact) mass is 333 g/mol. The van der Waals surface area contributed by atoms with Crippen molar-refractivity contribution in [3.05, 3.63) is 17.5 Å². The topological polar surface area (TPSA) is 88.1 Å². The van der Waals surface area contributed by atoms with Crippen molar-refractivity contribution in [2.24, 2.45) is 13.0 Å². The van der Waals surface area contributed by atoms with Crippen LogP contribution < -0.4 is 16.0 Å². The molecule has 7 nitrogen and oxygen atoms in total. The molecule has 0 radical (unpaired) electrons. The molecule has 1 aromatic heterocycles. The Kier molecular flexibility index (Phi) is 5.37. The molecule has 1 heterocycles. The summed E-state index contributed by atoms with van der Waals surface area (Å²) >= 11 is 0. The summed E-state index contributed by atoms with van der Waals surface area (Å²) in [4.78, 5) is 23.7. The van der Waals surface area contributed by atoms with Crippen LogP contribution >= 0.6 is 0 Å². The average Bonchev–Trinajstić information content (AvgIpc) is 2.88. The molecule has 0 spiro atoms. The van der Waals surface area contributed by atoms with E-state index in [9.17, 15) is 9.59 Å². The molecule has 1 atom stereocenters. The molecule has 3 N–H and O–H groups in total. The van der Waals surface area contributed by atoms with Crippen LogP contribution in [0.1, 0.15) is 55.8 Å². The number of urea groups is 1. The minimum atomic E-state index is -0.151. The maximum absolute atomic E-state index is 12.1. The van der Waals surface area contributed by atoms with Crippen LogP contribution in [0.4, 0.5) is 4.79 Å². The van der Waals surface area contributed by atoms with E-state index >= 15 is 0 Å². The van der Waals surface area contributed by atoms with E-state index in [2.05, 4.69) is 21.0 Å². The molecule has 2 aliphatic rings. The van der Waals surface area contributed by atoms with Gasteiger partial charge in [0.25, 0.3) is 0 Å². The molecule has 2 aliphatic carbocycles. The van der Waals surface area contributed by atoms with E-state index in [1.165, 1.54) is 12.1 Å². The summed E-state index contributed by atoms with van der Waals surface area (Å²) in [6.45, 7) is 1.18. The highest BCUT2D eigenvalue weighted by Gasteiger charge is 2.25. The first-order valence-electron chi connectivity index (χ1n) is 8.98. The summed E-state index contributed by atoms with van der Waals surface area (Å²) in [5.74, 6) is 0.387. The number of nitrogens with one attached hydrogen (secondary N) is 3. The van der Waals surface area contributed by atoms with Crippen molar-refractivity contribution >= 4 is 11.9 Å². The zero-order valence-electron chi connectivity index (χ0n) is 14.3. The molecule has 24 heavy (non-hydrogen) atoms. The lowest BCUT2D eigenvalue weighted by atomic mass is 9.85. The van der Waals surface area contributed by atoms with Gasteiger partial charge >= 0.3 is 6.03 Å². The number of nitrogens with zero attached hydrogens (tertiary/aromatic N) is 2. The second-order valence-corrected chi connectivity index (χ2v) is 6.79. The third-order valence-electron chi connectivity index (χ3n) is 5.10. The highest BCUT2D eigenvalue weighted by atomic mass is 16.2. The van der Waals surface area contributed by atoms with E-state index in [1.807, 2.05) is 17.9 Å². The quantitative estimate of drug-likeness (QED) is 0.688. The van der Waals surface area contributed by atoms with Gasteiger partial charge in [0, 0.05) is 37.3 Å². The third-order valence-corrected chi connectivity index (χ3v) is 5.10. The van der Waals surface area contributed by atoms with E-state index < -0.39 is 0 Å². The first-order chi connectivity index (χ1) is 11.6. The van der Waals surface area contributed by atoms with Crippen LogP contribution in [0.5, 0.6) is 0 Å². The summed E-state index contributed by atoms with van der Waals surface area (Å²) in [7, 11) is 1.94. The SMILES string of the molecule is Cn1ncc2c1CCC[C@@H]2NC(=O)NCCCNC(=O)C1CCC1. The lowest BCUT2D eigenvalue weighted by molar-refractivity contribution is -0.127. The molecular weight excluding hydrogens is 306 g/mol. The van der Waals surface area contributed by atoms with E-state index in [0.29, 0.717) is 13.1 Å². The average molecular weight is 333 g/mol. The highest BCUT2D eigenvalue weighted by molar-refractivity contribution is 5.79. The molecule has 1 saturated carbocycles. The number of carbonyl (C=O) groups excluding carboxylic acids is 2. The van der Waals surface area contributed by atoms with Crippen LogP contribution in [0, 0.1) is 5.92 Å². The van der Waals surface area contributed by atoms with Gasteiger partial charge in [0.15, 0.2) is 0 Å². The van der Waals surface area contributed by atoms with Crippen molar-refractivity contribution in [1.29, 1.82) is 0 Å². The summed E-state index contributed by atoms with van der Waals surface area (Å²) in [6, 6.07) is -0.109. The zero-order valence-corrected chi connectivity index (χ0v) is 14.3. The van der Waals surface area contributed by atoms with Crippen LogP contribution in [0.2, 0.25) is 0 Å². The van der Waals surface area contributed by atoms with Gasteiger partial charge in [-0.05, 0) is 38.5 Å². The summed E-state index contributed by atoms with van der Waals surface area (Å²) in [5, 5.41) is 13.1. The fourth-order valence-electron chi connectivity index (χ4n) is 3.38. The number of amides is 3. The third kappa shape index (κ3) is 3.88. The number of hydrogen-bond donors (Lipinski definition) is 3. The Labute approximate surface area is 142 Å². The Bertz CT molecular complexity index is 594. The minimum Gasteiger partial charge on any atom is -0.356 e. The molecule has 3 rings (SSSR count). The van der Waals surface area contributed by atoms with Crippen molar-refractivity contribution in [2.45, 2.75) is 51.0 Å². The van der Waals surface area contributed by atoms with Crippen molar-refractivity contribution in [3.8, 4) is 0 Å². The van der Waals surface area contributed by atoms with Crippen molar-refractivity contribution in [2.75, 3.05) is 13.1 Å². The Morgan fingerprint density at radius 1 is 1.21 bits per heavy atom. The molecule has 0 unspecified atom stereocenters. The lowest BCUT2D eigenvalue weighted by Crippen LogP contribution is -2.40. The maximum atomic E-state index is 12.1. The fourth-order valence-corrected chi connectivity index (χ4v) is 3.38. The Hall–Kier alpha value is -2.05. The molecule has 7 heteroatoms. The Morgan fingerprint density at radius 2 is 2.00 bits per heavy atom. The lowest BCUT2D eigenvalue weighted by Gasteiger charge is -2.24. The van der Waals surface area contributed by atoms with E-state index in [0.717, 1.165) is 44.1 Å². The van der Waals surface area contributed by atoms with E-state index in [-0.39, 0.29) is 23.9 Å². The number of aromatic nitrogens is 2. The van der Waals surface area contributed by atoms with Gasteiger partial charge in [-0.15, -0.1) is 0 Å². The van der Waals surface area contributed by atoms with Crippen LogP contribution in [-0.2, 0) is 18.3 Å². The van der Waals surface area contributed by atoms with Gasteiger partial charge in [-0.25, -0.2) is 4.79 Å². The minimum absolute atomic E-state index is 0.0424. The molecule has 0 aromatic carbocycles. The molecule has 3 amide bonds. The number of carbonyl (C=O) groups is 2. The smallest absolute Gasteiger partial charge is 0.315 e. The largest absolute Gasteiger partial charge is 0.356 e.